The summed E-state index contributed by atoms with van der Waals surface area (Å²) in [7, 11) is 0. The number of nitrogens with one attached hydrogen (secondary N) is 1. The number of primary amides is 1. The van der Waals surface area contributed by atoms with E-state index in [-0.39, 0.29) is 17.5 Å². The molecule has 7 nitrogen and oxygen atoms in total. The second-order valence-corrected chi connectivity index (χ2v) is 5.11. The van der Waals surface area contributed by atoms with Gasteiger partial charge in [0.1, 0.15) is 5.65 Å². The van der Waals surface area contributed by atoms with Crippen molar-refractivity contribution in [2.45, 2.75) is 18.9 Å². The van der Waals surface area contributed by atoms with E-state index in [1.165, 1.54) is 0 Å². The Labute approximate surface area is 115 Å². The molecule has 106 valence electrons. The first-order chi connectivity index (χ1) is 9.58. The van der Waals surface area contributed by atoms with Crippen LogP contribution in [0.25, 0.3) is 11.0 Å². The number of amides is 1. The van der Waals surface area contributed by atoms with Crippen LogP contribution in [-0.4, -0.2) is 40.1 Å². The fourth-order valence-corrected chi connectivity index (χ4v) is 2.75. The summed E-state index contributed by atoms with van der Waals surface area (Å²) in [6.07, 6.45) is 3.62. The quantitative estimate of drug-likeness (QED) is 0.628. The van der Waals surface area contributed by atoms with Crippen molar-refractivity contribution in [3.63, 3.8) is 0 Å². The van der Waals surface area contributed by atoms with Gasteiger partial charge < -0.3 is 26.5 Å². The number of piperidine rings is 1. The van der Waals surface area contributed by atoms with E-state index in [0.717, 1.165) is 24.8 Å². The number of hydrogen-bond acceptors (Lipinski definition) is 5. The lowest BCUT2D eigenvalue weighted by molar-refractivity contribution is 0.0993. The highest BCUT2D eigenvalue weighted by Gasteiger charge is 2.25. The van der Waals surface area contributed by atoms with Crippen molar-refractivity contribution >= 4 is 22.6 Å². The molecular weight excluding hydrogens is 258 g/mol. The molecule has 0 radical (unpaired) electrons. The lowest BCUT2D eigenvalue weighted by Gasteiger charge is -2.33. The molecule has 1 aliphatic heterocycles. The number of nitrogens with two attached hydrogens (primary N) is 2. The van der Waals surface area contributed by atoms with Gasteiger partial charge in [0.15, 0.2) is 11.4 Å². The van der Waals surface area contributed by atoms with E-state index >= 15 is 0 Å². The van der Waals surface area contributed by atoms with Crippen molar-refractivity contribution in [3.05, 3.63) is 18.0 Å². The van der Waals surface area contributed by atoms with Crippen molar-refractivity contribution in [1.29, 1.82) is 0 Å². The Morgan fingerprint density at radius 3 is 3.05 bits per heavy atom. The number of aromatic nitrogens is 2. The number of pyridine rings is 1. The number of carbonyl (C=O) groups excluding carboxylic acids is 1. The minimum Gasteiger partial charge on any atom is -0.504 e. The van der Waals surface area contributed by atoms with E-state index in [9.17, 15) is 9.90 Å². The average molecular weight is 275 g/mol. The summed E-state index contributed by atoms with van der Waals surface area (Å²) >= 11 is 0. The lowest BCUT2D eigenvalue weighted by atomic mass is 10.0. The van der Waals surface area contributed by atoms with Gasteiger partial charge in [-0.05, 0) is 18.9 Å². The molecule has 20 heavy (non-hydrogen) atoms. The molecule has 2 aromatic heterocycles. The molecule has 1 atom stereocenters. The summed E-state index contributed by atoms with van der Waals surface area (Å²) in [6, 6.07) is 1.88. The second kappa shape index (κ2) is 4.68. The molecule has 1 amide bonds. The van der Waals surface area contributed by atoms with Crippen molar-refractivity contribution in [2.75, 3.05) is 18.0 Å². The van der Waals surface area contributed by atoms with Gasteiger partial charge in [-0.1, -0.05) is 0 Å². The average Bonchev–Trinajstić information content (AvgIpc) is 2.85. The maximum atomic E-state index is 11.4. The first kappa shape index (κ1) is 12.7. The number of aromatic hydroxyl groups is 1. The highest BCUT2D eigenvalue weighted by Crippen LogP contribution is 2.37. The number of H-pyrrole nitrogens is 1. The summed E-state index contributed by atoms with van der Waals surface area (Å²) in [4.78, 5) is 20.4. The van der Waals surface area contributed by atoms with Crippen LogP contribution in [0.2, 0.25) is 0 Å². The van der Waals surface area contributed by atoms with Gasteiger partial charge in [-0.25, -0.2) is 4.98 Å². The van der Waals surface area contributed by atoms with Crippen LogP contribution in [0.3, 0.4) is 0 Å². The van der Waals surface area contributed by atoms with Gasteiger partial charge in [0.25, 0.3) is 5.91 Å². The van der Waals surface area contributed by atoms with Crippen LogP contribution >= 0.6 is 0 Å². The maximum Gasteiger partial charge on any atom is 0.271 e. The molecule has 0 spiro atoms. The summed E-state index contributed by atoms with van der Waals surface area (Å²) in [5, 5.41) is 11.1. The molecule has 1 saturated heterocycles. The number of hydrogen-bond donors (Lipinski definition) is 4. The van der Waals surface area contributed by atoms with Gasteiger partial charge in [0.2, 0.25) is 0 Å². The van der Waals surface area contributed by atoms with Crippen LogP contribution < -0.4 is 16.4 Å². The summed E-state index contributed by atoms with van der Waals surface area (Å²) in [5.74, 6) is -0.916. The Balaban J connectivity index is 2.19. The van der Waals surface area contributed by atoms with E-state index in [1.807, 2.05) is 11.0 Å². The van der Waals surface area contributed by atoms with Gasteiger partial charge in [-0.2, -0.15) is 0 Å². The third-order valence-electron chi connectivity index (χ3n) is 3.66. The molecule has 0 aromatic carbocycles. The normalized spacial score (nSPS) is 19.4. The number of nitrogens with zero attached hydrogens (tertiary/aromatic N) is 2. The standard InChI is InChI=1S/C13H17N5O2/c14-7-2-1-5-18(6-7)10-8-3-4-16-13(8)17-9(11(10)19)12(15)20/h3-4,7,19H,1-2,5-6,14H2,(H2,15,20)(H,16,17)/t7-/m1/s1. The molecule has 3 rings (SSSR count). The Morgan fingerprint density at radius 2 is 2.35 bits per heavy atom. The highest BCUT2D eigenvalue weighted by atomic mass is 16.3. The van der Waals surface area contributed by atoms with Crippen LogP contribution in [0.15, 0.2) is 12.3 Å². The Morgan fingerprint density at radius 1 is 1.55 bits per heavy atom. The summed E-state index contributed by atoms with van der Waals surface area (Å²) in [6.45, 7) is 1.42. The smallest absolute Gasteiger partial charge is 0.271 e. The minimum atomic E-state index is -0.749. The molecular formula is C13H17N5O2. The number of fused-ring (bicyclic) bond motifs is 1. The zero-order valence-electron chi connectivity index (χ0n) is 11.0. The molecule has 6 N–H and O–H groups in total. The minimum absolute atomic E-state index is 0.0577. The van der Waals surface area contributed by atoms with Crippen LogP contribution in [0.4, 0.5) is 5.69 Å². The lowest BCUT2D eigenvalue weighted by Crippen LogP contribution is -2.43. The summed E-state index contributed by atoms with van der Waals surface area (Å²) < 4.78 is 0. The fraction of sp³-hybridized carbons (Fsp3) is 0.385. The fourth-order valence-electron chi connectivity index (χ4n) is 2.75. The van der Waals surface area contributed by atoms with Crippen LogP contribution in [0.5, 0.6) is 5.75 Å². The molecule has 2 aromatic rings. The molecule has 0 bridgehead atoms. The van der Waals surface area contributed by atoms with Crippen LogP contribution in [0.1, 0.15) is 23.3 Å². The van der Waals surface area contributed by atoms with Crippen molar-refractivity contribution in [1.82, 2.24) is 9.97 Å². The third kappa shape index (κ3) is 1.96. The number of anilines is 1. The van der Waals surface area contributed by atoms with Crippen LogP contribution in [0, 0.1) is 0 Å². The number of rotatable bonds is 2. The monoisotopic (exact) mass is 275 g/mol. The van der Waals surface area contributed by atoms with Gasteiger partial charge in [-0.15, -0.1) is 0 Å². The topological polar surface area (TPSA) is 121 Å². The van der Waals surface area contributed by atoms with E-state index in [0.29, 0.717) is 17.9 Å². The van der Waals surface area contributed by atoms with Crippen molar-refractivity contribution < 1.29 is 9.90 Å². The molecule has 3 heterocycles. The molecule has 0 aliphatic carbocycles. The van der Waals surface area contributed by atoms with Crippen molar-refractivity contribution in [3.8, 4) is 5.75 Å². The largest absolute Gasteiger partial charge is 0.504 e. The SMILES string of the molecule is NC(=O)c1nc2[nH]ccc2c(N2CCC[C@@H](N)C2)c1O. The number of aromatic amines is 1. The number of carbonyl (C=O) groups is 1. The van der Waals surface area contributed by atoms with Crippen LogP contribution in [-0.2, 0) is 0 Å². The molecule has 1 aliphatic rings. The summed E-state index contributed by atoms with van der Waals surface area (Å²) in [5.41, 5.74) is 12.3. The predicted octanol–water partition coefficient (Wildman–Crippen LogP) is 0.295. The van der Waals surface area contributed by atoms with Gasteiger partial charge >= 0.3 is 0 Å². The van der Waals surface area contributed by atoms with E-state index in [2.05, 4.69) is 9.97 Å². The van der Waals surface area contributed by atoms with Gasteiger partial charge in [0, 0.05) is 30.7 Å². The first-order valence-electron chi connectivity index (χ1n) is 6.58. The van der Waals surface area contributed by atoms with E-state index in [4.69, 9.17) is 11.5 Å². The predicted molar refractivity (Wildman–Crippen MR) is 75.7 cm³/mol. The van der Waals surface area contributed by atoms with E-state index in [1.54, 1.807) is 6.20 Å². The molecule has 0 saturated carbocycles. The Bertz CT molecular complexity index is 666. The molecule has 1 fully saturated rings. The zero-order valence-corrected chi connectivity index (χ0v) is 11.0. The first-order valence-corrected chi connectivity index (χ1v) is 6.58. The van der Waals surface area contributed by atoms with Crippen molar-refractivity contribution in [2.24, 2.45) is 11.5 Å². The van der Waals surface area contributed by atoms with Gasteiger partial charge in [-0.3, -0.25) is 4.79 Å². The maximum absolute atomic E-state index is 11.4. The zero-order chi connectivity index (χ0) is 14.3. The Kier molecular flexibility index (Phi) is 2.98. The third-order valence-corrected chi connectivity index (χ3v) is 3.66. The highest BCUT2D eigenvalue weighted by molar-refractivity contribution is 6.03. The van der Waals surface area contributed by atoms with E-state index < -0.39 is 5.91 Å². The molecule has 0 unspecified atom stereocenters. The Hall–Kier alpha value is -2.28. The van der Waals surface area contributed by atoms with Gasteiger partial charge in [0.05, 0.1) is 5.69 Å². The second-order valence-electron chi connectivity index (χ2n) is 5.11. The molecule has 7 heteroatoms.